The van der Waals surface area contributed by atoms with Gasteiger partial charge in [0.2, 0.25) is 0 Å². The monoisotopic (exact) mass is 441 g/mol. The number of amides is 2. The third-order valence-corrected chi connectivity index (χ3v) is 6.49. The normalized spacial score (nSPS) is 14.8. The standard InChI is InChI=1S/C24H31N3O3S/c1-17-8-9-21(30-2)20(14-17)26-24(29)23(28)25-15-18-10-12-27(13-11-18)16-19-6-4-5-7-22(19)31-3/h4-9,14,18H,10-13,15-16H2,1-3H3,(H,25,28)(H,26,29). The molecule has 1 fully saturated rings. The van der Waals surface area contributed by atoms with Gasteiger partial charge in [0.05, 0.1) is 12.8 Å². The molecule has 0 aliphatic carbocycles. The number of rotatable bonds is 7. The molecule has 3 rings (SSSR count). The molecule has 1 aliphatic heterocycles. The van der Waals surface area contributed by atoms with Gasteiger partial charge in [-0.05, 0) is 74.4 Å². The van der Waals surface area contributed by atoms with E-state index in [2.05, 4.69) is 46.1 Å². The van der Waals surface area contributed by atoms with Gasteiger partial charge in [0.1, 0.15) is 5.75 Å². The van der Waals surface area contributed by atoms with Gasteiger partial charge in [-0.2, -0.15) is 0 Å². The first-order valence-electron chi connectivity index (χ1n) is 10.6. The number of anilines is 1. The van der Waals surface area contributed by atoms with Crippen LogP contribution in [0.5, 0.6) is 5.75 Å². The van der Waals surface area contributed by atoms with E-state index in [9.17, 15) is 9.59 Å². The zero-order valence-corrected chi connectivity index (χ0v) is 19.3. The summed E-state index contributed by atoms with van der Waals surface area (Å²) in [6.07, 6.45) is 4.13. The molecule has 31 heavy (non-hydrogen) atoms. The molecule has 2 amide bonds. The zero-order chi connectivity index (χ0) is 22.2. The molecular weight excluding hydrogens is 410 g/mol. The number of piperidine rings is 1. The fourth-order valence-corrected chi connectivity index (χ4v) is 4.45. The van der Waals surface area contributed by atoms with Crippen LogP contribution in [0.15, 0.2) is 47.4 Å². The number of nitrogens with one attached hydrogen (secondary N) is 2. The van der Waals surface area contributed by atoms with Crippen LogP contribution in [0.2, 0.25) is 0 Å². The van der Waals surface area contributed by atoms with E-state index in [0.29, 0.717) is 23.9 Å². The summed E-state index contributed by atoms with van der Waals surface area (Å²) in [7, 11) is 1.53. The highest BCUT2D eigenvalue weighted by molar-refractivity contribution is 7.98. The maximum absolute atomic E-state index is 12.3. The minimum absolute atomic E-state index is 0.386. The number of carbonyl (C=O) groups is 2. The lowest BCUT2D eigenvalue weighted by Gasteiger charge is -2.32. The summed E-state index contributed by atoms with van der Waals surface area (Å²) in [6.45, 7) is 5.39. The molecule has 7 heteroatoms. The average Bonchev–Trinajstić information content (AvgIpc) is 2.79. The number of carbonyl (C=O) groups excluding carboxylic acids is 2. The van der Waals surface area contributed by atoms with Crippen molar-refractivity contribution >= 4 is 29.3 Å². The van der Waals surface area contributed by atoms with Crippen molar-refractivity contribution in [2.24, 2.45) is 5.92 Å². The third-order valence-electron chi connectivity index (χ3n) is 5.65. The van der Waals surface area contributed by atoms with E-state index >= 15 is 0 Å². The maximum atomic E-state index is 12.3. The van der Waals surface area contributed by atoms with Crippen LogP contribution in [0.25, 0.3) is 0 Å². The fraction of sp³-hybridized carbons (Fsp3) is 0.417. The van der Waals surface area contributed by atoms with Gasteiger partial charge in [-0.1, -0.05) is 24.3 Å². The van der Waals surface area contributed by atoms with Crippen molar-refractivity contribution in [3.8, 4) is 5.75 Å². The van der Waals surface area contributed by atoms with Crippen molar-refractivity contribution in [3.63, 3.8) is 0 Å². The molecule has 0 aromatic heterocycles. The summed E-state index contributed by atoms with van der Waals surface area (Å²) < 4.78 is 5.25. The van der Waals surface area contributed by atoms with Crippen molar-refractivity contribution in [1.29, 1.82) is 0 Å². The Morgan fingerprint density at radius 2 is 1.87 bits per heavy atom. The molecule has 0 unspecified atom stereocenters. The van der Waals surface area contributed by atoms with E-state index in [1.807, 2.05) is 13.0 Å². The molecule has 6 nitrogen and oxygen atoms in total. The summed E-state index contributed by atoms with van der Waals surface area (Å²) >= 11 is 1.78. The SMILES string of the molecule is COc1ccc(C)cc1NC(=O)C(=O)NCC1CCN(Cc2ccccc2SC)CC1. The third kappa shape index (κ3) is 6.48. The number of nitrogens with zero attached hydrogens (tertiary/aromatic N) is 1. The number of hydrogen-bond donors (Lipinski definition) is 2. The second-order valence-electron chi connectivity index (χ2n) is 7.90. The van der Waals surface area contributed by atoms with Crippen molar-refractivity contribution in [2.75, 3.05) is 38.3 Å². The quantitative estimate of drug-likeness (QED) is 0.507. The van der Waals surface area contributed by atoms with E-state index in [-0.39, 0.29) is 0 Å². The van der Waals surface area contributed by atoms with Gasteiger partial charge >= 0.3 is 11.8 Å². The lowest BCUT2D eigenvalue weighted by atomic mass is 9.96. The summed E-state index contributed by atoms with van der Waals surface area (Å²) in [5, 5.41) is 5.44. The van der Waals surface area contributed by atoms with Gasteiger partial charge in [-0.3, -0.25) is 14.5 Å². The van der Waals surface area contributed by atoms with Crippen LogP contribution in [0, 0.1) is 12.8 Å². The highest BCUT2D eigenvalue weighted by Crippen LogP contribution is 2.26. The van der Waals surface area contributed by atoms with E-state index in [1.54, 1.807) is 23.9 Å². The molecule has 1 saturated heterocycles. The Kier molecular flexibility index (Phi) is 8.37. The number of aryl methyl sites for hydroxylation is 1. The Morgan fingerprint density at radius 1 is 1.13 bits per heavy atom. The second-order valence-corrected chi connectivity index (χ2v) is 8.75. The summed E-state index contributed by atoms with van der Waals surface area (Å²) in [5.41, 5.74) is 2.84. The van der Waals surface area contributed by atoms with Crippen LogP contribution in [0.4, 0.5) is 5.69 Å². The molecule has 0 atom stereocenters. The van der Waals surface area contributed by atoms with E-state index in [0.717, 1.165) is 38.0 Å². The first kappa shape index (κ1) is 23.2. The van der Waals surface area contributed by atoms with Gasteiger partial charge in [0.15, 0.2) is 0 Å². The van der Waals surface area contributed by atoms with Gasteiger partial charge < -0.3 is 15.4 Å². The molecule has 1 heterocycles. The van der Waals surface area contributed by atoms with E-state index < -0.39 is 11.8 Å². The fourth-order valence-electron chi connectivity index (χ4n) is 3.84. The molecule has 0 saturated carbocycles. The minimum atomic E-state index is -0.671. The van der Waals surface area contributed by atoms with Crippen molar-refractivity contribution in [2.45, 2.75) is 31.2 Å². The zero-order valence-electron chi connectivity index (χ0n) is 18.4. The van der Waals surface area contributed by atoms with E-state index in [1.165, 1.54) is 17.6 Å². The second kappa shape index (κ2) is 11.2. The number of thioether (sulfide) groups is 1. The highest BCUT2D eigenvalue weighted by atomic mass is 32.2. The van der Waals surface area contributed by atoms with Crippen LogP contribution in [-0.2, 0) is 16.1 Å². The topological polar surface area (TPSA) is 70.7 Å². The smallest absolute Gasteiger partial charge is 0.313 e. The van der Waals surface area contributed by atoms with Crippen LogP contribution >= 0.6 is 11.8 Å². The number of methoxy groups -OCH3 is 1. The Morgan fingerprint density at radius 3 is 2.58 bits per heavy atom. The van der Waals surface area contributed by atoms with Gasteiger partial charge in [0, 0.05) is 18.0 Å². The van der Waals surface area contributed by atoms with Gasteiger partial charge in [-0.25, -0.2) is 0 Å². The van der Waals surface area contributed by atoms with Gasteiger partial charge in [-0.15, -0.1) is 11.8 Å². The summed E-state index contributed by atoms with van der Waals surface area (Å²) in [6, 6.07) is 14.0. The largest absolute Gasteiger partial charge is 0.495 e. The summed E-state index contributed by atoms with van der Waals surface area (Å²) in [4.78, 5) is 28.4. The molecule has 0 radical (unpaired) electrons. The average molecular weight is 442 g/mol. The van der Waals surface area contributed by atoms with Crippen molar-refractivity contribution in [3.05, 3.63) is 53.6 Å². The predicted octanol–water partition coefficient (Wildman–Crippen LogP) is 3.69. The Labute approximate surface area is 188 Å². The van der Waals surface area contributed by atoms with Crippen molar-refractivity contribution < 1.29 is 14.3 Å². The molecule has 2 N–H and O–H groups in total. The number of benzene rings is 2. The minimum Gasteiger partial charge on any atom is -0.495 e. The molecule has 1 aliphatic rings. The molecular formula is C24H31N3O3S. The molecule has 2 aromatic rings. The molecule has 0 bridgehead atoms. The Hall–Kier alpha value is -2.51. The lowest BCUT2D eigenvalue weighted by molar-refractivity contribution is -0.136. The number of ether oxygens (including phenoxy) is 1. The van der Waals surface area contributed by atoms with E-state index in [4.69, 9.17) is 4.74 Å². The van der Waals surface area contributed by atoms with Gasteiger partial charge in [0.25, 0.3) is 0 Å². The summed E-state index contributed by atoms with van der Waals surface area (Å²) in [5.74, 6) is -0.366. The van der Waals surface area contributed by atoms with Crippen LogP contribution in [0.3, 0.4) is 0 Å². The molecule has 0 spiro atoms. The van der Waals surface area contributed by atoms with Crippen LogP contribution in [0.1, 0.15) is 24.0 Å². The van der Waals surface area contributed by atoms with Crippen molar-refractivity contribution in [1.82, 2.24) is 10.2 Å². The molecule has 166 valence electrons. The maximum Gasteiger partial charge on any atom is 0.313 e. The first-order chi connectivity index (χ1) is 15.0. The number of likely N-dealkylation sites (tertiary alicyclic amines) is 1. The molecule has 2 aromatic carbocycles. The predicted molar refractivity (Wildman–Crippen MR) is 126 cm³/mol. The van der Waals surface area contributed by atoms with Crippen LogP contribution in [-0.4, -0.2) is 49.7 Å². The highest BCUT2D eigenvalue weighted by Gasteiger charge is 2.22. The Bertz CT molecular complexity index is 911. The lowest BCUT2D eigenvalue weighted by Crippen LogP contribution is -2.41. The first-order valence-corrected chi connectivity index (χ1v) is 11.8. The Balaban J connectivity index is 1.43. The number of hydrogen-bond acceptors (Lipinski definition) is 5. The van der Waals surface area contributed by atoms with Crippen LogP contribution < -0.4 is 15.4 Å².